The zero-order valence-corrected chi connectivity index (χ0v) is 16.3. The molecule has 1 aromatic heterocycles. The topological polar surface area (TPSA) is 64.0 Å². The number of sulfonamides is 1. The highest BCUT2D eigenvalue weighted by Gasteiger charge is 2.19. The Balaban J connectivity index is 1.74. The Morgan fingerprint density at radius 3 is 2.48 bits per heavy atom. The van der Waals surface area contributed by atoms with E-state index in [-0.39, 0.29) is 11.4 Å². The molecule has 5 nitrogen and oxygen atoms in total. The van der Waals surface area contributed by atoms with Crippen molar-refractivity contribution in [1.29, 1.82) is 0 Å². The van der Waals surface area contributed by atoms with Crippen molar-refractivity contribution in [3.63, 3.8) is 0 Å². The minimum Gasteiger partial charge on any atom is -0.265 e. The van der Waals surface area contributed by atoms with Gasteiger partial charge in [-0.1, -0.05) is 30.3 Å². The number of halogens is 1. The van der Waals surface area contributed by atoms with Crippen molar-refractivity contribution in [3.8, 4) is 0 Å². The maximum atomic E-state index is 13.9. The maximum Gasteiger partial charge on any atom is 0.243 e. The third-order valence-corrected chi connectivity index (χ3v) is 5.69. The van der Waals surface area contributed by atoms with Gasteiger partial charge in [0.25, 0.3) is 0 Å². The molecule has 2 aromatic carbocycles. The fraction of sp³-hybridized carbons (Fsp3) is 0.250. The summed E-state index contributed by atoms with van der Waals surface area (Å²) in [7, 11) is -3.93. The SMILES string of the molecule is Cc1ccc(F)c(S(=O)(=O)NCc2cccc(Cn3nc(C)cc3C)c2)c1. The first-order valence-corrected chi connectivity index (χ1v) is 10.1. The van der Waals surface area contributed by atoms with Crippen molar-refractivity contribution in [2.75, 3.05) is 0 Å². The van der Waals surface area contributed by atoms with E-state index in [1.165, 1.54) is 18.2 Å². The van der Waals surface area contributed by atoms with E-state index < -0.39 is 15.8 Å². The Hall–Kier alpha value is -2.51. The molecule has 27 heavy (non-hydrogen) atoms. The zero-order chi connectivity index (χ0) is 19.6. The summed E-state index contributed by atoms with van der Waals surface area (Å²) in [5.74, 6) is -0.758. The number of nitrogens with zero attached hydrogens (tertiary/aromatic N) is 2. The van der Waals surface area contributed by atoms with E-state index in [0.717, 1.165) is 22.5 Å². The van der Waals surface area contributed by atoms with Gasteiger partial charge in [0.15, 0.2) is 0 Å². The standard InChI is InChI=1S/C20H22FN3O2S/c1-14-7-8-19(21)20(9-14)27(25,26)22-12-17-5-4-6-18(11-17)13-24-16(3)10-15(2)23-24/h4-11,22H,12-13H2,1-3H3. The predicted molar refractivity (Wildman–Crippen MR) is 102 cm³/mol. The first-order chi connectivity index (χ1) is 12.7. The summed E-state index contributed by atoms with van der Waals surface area (Å²) in [6.07, 6.45) is 0. The Bertz CT molecular complexity index is 1070. The van der Waals surface area contributed by atoms with E-state index in [1.54, 1.807) is 6.92 Å². The molecule has 0 saturated carbocycles. The van der Waals surface area contributed by atoms with Crippen molar-refractivity contribution in [1.82, 2.24) is 14.5 Å². The number of hydrogen-bond acceptors (Lipinski definition) is 3. The molecule has 1 heterocycles. The van der Waals surface area contributed by atoms with Crippen molar-refractivity contribution >= 4 is 10.0 Å². The van der Waals surface area contributed by atoms with Gasteiger partial charge in [-0.15, -0.1) is 0 Å². The van der Waals surface area contributed by atoms with Crippen LogP contribution in [0.5, 0.6) is 0 Å². The fourth-order valence-corrected chi connectivity index (χ4v) is 4.10. The first kappa shape index (κ1) is 19.3. The second-order valence-corrected chi connectivity index (χ2v) is 8.40. The average molecular weight is 387 g/mol. The van der Waals surface area contributed by atoms with Crippen LogP contribution in [0.3, 0.4) is 0 Å². The number of hydrogen-bond donors (Lipinski definition) is 1. The van der Waals surface area contributed by atoms with Crippen LogP contribution in [-0.2, 0) is 23.1 Å². The highest BCUT2D eigenvalue weighted by Crippen LogP contribution is 2.17. The molecule has 0 bridgehead atoms. The second-order valence-electron chi connectivity index (χ2n) is 6.66. The summed E-state index contributed by atoms with van der Waals surface area (Å²) in [4.78, 5) is -0.332. The minimum atomic E-state index is -3.93. The van der Waals surface area contributed by atoms with Crippen LogP contribution < -0.4 is 4.72 Å². The maximum absolute atomic E-state index is 13.9. The molecule has 0 amide bonds. The van der Waals surface area contributed by atoms with Gasteiger partial charge in [-0.2, -0.15) is 5.10 Å². The van der Waals surface area contributed by atoms with Crippen molar-refractivity contribution < 1.29 is 12.8 Å². The van der Waals surface area contributed by atoms with Crippen molar-refractivity contribution in [2.45, 2.75) is 38.8 Å². The van der Waals surface area contributed by atoms with Gasteiger partial charge in [0.2, 0.25) is 10.0 Å². The van der Waals surface area contributed by atoms with Gasteiger partial charge in [0, 0.05) is 12.2 Å². The molecule has 0 spiro atoms. The molecule has 142 valence electrons. The van der Waals surface area contributed by atoms with E-state index in [2.05, 4.69) is 9.82 Å². The quantitative estimate of drug-likeness (QED) is 0.704. The van der Waals surface area contributed by atoms with Gasteiger partial charge >= 0.3 is 0 Å². The van der Waals surface area contributed by atoms with Crippen LogP contribution in [0.25, 0.3) is 0 Å². The summed E-state index contributed by atoms with van der Waals surface area (Å²) < 4.78 is 43.2. The van der Waals surface area contributed by atoms with Crippen LogP contribution in [0.15, 0.2) is 53.4 Å². The smallest absolute Gasteiger partial charge is 0.243 e. The molecular formula is C20H22FN3O2S. The summed E-state index contributed by atoms with van der Waals surface area (Å²) in [5.41, 5.74) is 4.51. The van der Waals surface area contributed by atoms with Crippen LogP contribution in [-0.4, -0.2) is 18.2 Å². The second kappa shape index (κ2) is 7.62. The van der Waals surface area contributed by atoms with Crippen LogP contribution in [0, 0.1) is 26.6 Å². The van der Waals surface area contributed by atoms with E-state index in [4.69, 9.17) is 0 Å². The molecule has 0 aliphatic carbocycles. The summed E-state index contributed by atoms with van der Waals surface area (Å²) in [6.45, 7) is 6.35. The molecule has 0 saturated heterocycles. The third kappa shape index (κ3) is 4.61. The van der Waals surface area contributed by atoms with E-state index in [0.29, 0.717) is 12.1 Å². The van der Waals surface area contributed by atoms with Crippen LogP contribution in [0.2, 0.25) is 0 Å². The van der Waals surface area contributed by atoms with Gasteiger partial charge in [0.1, 0.15) is 10.7 Å². The molecule has 0 aliphatic rings. The van der Waals surface area contributed by atoms with E-state index in [1.807, 2.05) is 48.9 Å². The lowest BCUT2D eigenvalue weighted by atomic mass is 10.1. The van der Waals surface area contributed by atoms with Gasteiger partial charge in [-0.05, 0) is 55.7 Å². The number of aromatic nitrogens is 2. The van der Waals surface area contributed by atoms with Gasteiger partial charge < -0.3 is 0 Å². The fourth-order valence-electron chi connectivity index (χ4n) is 2.92. The minimum absolute atomic E-state index is 0.0840. The van der Waals surface area contributed by atoms with Gasteiger partial charge in [0.05, 0.1) is 12.2 Å². The molecule has 3 rings (SSSR count). The highest BCUT2D eigenvalue weighted by atomic mass is 32.2. The normalized spacial score (nSPS) is 11.7. The Kier molecular flexibility index (Phi) is 5.43. The van der Waals surface area contributed by atoms with Gasteiger partial charge in [-0.25, -0.2) is 17.5 Å². The van der Waals surface area contributed by atoms with Crippen molar-refractivity contribution in [3.05, 3.63) is 82.4 Å². The van der Waals surface area contributed by atoms with Crippen molar-refractivity contribution in [2.24, 2.45) is 0 Å². The summed E-state index contributed by atoms with van der Waals surface area (Å²) in [5, 5.41) is 4.44. The number of rotatable bonds is 6. The number of benzene rings is 2. The third-order valence-electron chi connectivity index (χ3n) is 4.27. The van der Waals surface area contributed by atoms with Gasteiger partial charge in [-0.3, -0.25) is 4.68 Å². The van der Waals surface area contributed by atoms with Crippen LogP contribution in [0.4, 0.5) is 4.39 Å². The molecule has 0 radical (unpaired) electrons. The largest absolute Gasteiger partial charge is 0.265 e. The molecule has 1 N–H and O–H groups in total. The van der Waals surface area contributed by atoms with E-state index in [9.17, 15) is 12.8 Å². The number of nitrogens with one attached hydrogen (secondary N) is 1. The first-order valence-electron chi connectivity index (χ1n) is 8.59. The molecule has 0 aliphatic heterocycles. The highest BCUT2D eigenvalue weighted by molar-refractivity contribution is 7.89. The lowest BCUT2D eigenvalue weighted by molar-refractivity contribution is 0.556. The van der Waals surface area contributed by atoms with Crippen LogP contribution >= 0.6 is 0 Å². The molecule has 7 heteroatoms. The summed E-state index contributed by atoms with van der Waals surface area (Å²) in [6, 6.07) is 13.6. The Labute approximate surface area is 158 Å². The Morgan fingerprint density at radius 1 is 1.04 bits per heavy atom. The van der Waals surface area contributed by atoms with Crippen LogP contribution in [0.1, 0.15) is 28.1 Å². The molecule has 0 unspecified atom stereocenters. The predicted octanol–water partition coefficient (Wildman–Crippen LogP) is 3.47. The lowest BCUT2D eigenvalue weighted by Crippen LogP contribution is -2.24. The molecule has 0 fully saturated rings. The zero-order valence-electron chi connectivity index (χ0n) is 15.5. The van der Waals surface area contributed by atoms with E-state index >= 15 is 0 Å². The number of aryl methyl sites for hydroxylation is 3. The Morgan fingerprint density at radius 2 is 1.78 bits per heavy atom. The monoisotopic (exact) mass is 387 g/mol. The lowest BCUT2D eigenvalue weighted by Gasteiger charge is -2.10. The molecule has 3 aromatic rings. The average Bonchev–Trinajstić information content (AvgIpc) is 2.93. The molecular weight excluding hydrogens is 365 g/mol. The summed E-state index contributed by atoms with van der Waals surface area (Å²) >= 11 is 0. The molecule has 0 atom stereocenters.